The number of aliphatic hydroxyl groups is 1. The Bertz CT molecular complexity index is 617. The number of aliphatic imine (C=N–C) groups is 1. The van der Waals surface area contributed by atoms with E-state index in [0.29, 0.717) is 16.9 Å². The Labute approximate surface area is 177 Å². The molecule has 0 amide bonds. The van der Waals surface area contributed by atoms with Crippen LogP contribution in [0.5, 0.6) is 0 Å². The number of nitrogens with zero attached hydrogens (tertiary/aromatic N) is 2. The van der Waals surface area contributed by atoms with Crippen LogP contribution >= 0.6 is 35.7 Å². The monoisotopic (exact) mass is 493 g/mol. The number of benzene rings is 1. The Morgan fingerprint density at radius 1 is 1.35 bits per heavy atom. The Balaban J connectivity index is 0.00000243. The predicted octanol–water partition coefficient (Wildman–Crippen LogP) is 3.76. The molecule has 0 atom stereocenters. The minimum Gasteiger partial charge on any atom is -0.392 e. The summed E-state index contributed by atoms with van der Waals surface area (Å²) in [5.74, 6) is 1.70. The van der Waals surface area contributed by atoms with Crippen LogP contribution in [-0.2, 0) is 13.2 Å². The molecule has 0 radical (unpaired) electrons. The first kappa shape index (κ1) is 21.8. The van der Waals surface area contributed by atoms with Crippen LogP contribution in [0.3, 0.4) is 0 Å². The maximum absolute atomic E-state index is 13.5. The molecule has 1 saturated heterocycles. The molecule has 1 aliphatic carbocycles. The third-order valence-electron chi connectivity index (χ3n) is 5.26. The zero-order valence-electron chi connectivity index (χ0n) is 15.3. The molecule has 4 nitrogen and oxygen atoms in total. The second-order valence-corrected chi connectivity index (χ2v) is 8.56. The van der Waals surface area contributed by atoms with Crippen LogP contribution < -0.4 is 5.32 Å². The summed E-state index contributed by atoms with van der Waals surface area (Å²) in [4.78, 5) is 6.84. The second kappa shape index (κ2) is 10.1. The van der Waals surface area contributed by atoms with Crippen molar-refractivity contribution in [3.63, 3.8) is 0 Å². The van der Waals surface area contributed by atoms with Gasteiger partial charge < -0.3 is 15.3 Å². The van der Waals surface area contributed by atoms with Crippen LogP contribution in [0.1, 0.15) is 43.2 Å². The van der Waals surface area contributed by atoms with Crippen molar-refractivity contribution in [3.8, 4) is 0 Å². The Kier molecular flexibility index (Phi) is 8.47. The van der Waals surface area contributed by atoms with Gasteiger partial charge in [0.25, 0.3) is 0 Å². The first-order valence-electron chi connectivity index (χ1n) is 9.13. The molecule has 1 aromatic carbocycles. The Morgan fingerprint density at radius 2 is 2.12 bits per heavy atom. The average molecular weight is 493 g/mol. The maximum Gasteiger partial charge on any atom is 0.193 e. The molecule has 2 fully saturated rings. The van der Waals surface area contributed by atoms with Crippen molar-refractivity contribution in [1.29, 1.82) is 0 Å². The zero-order chi connectivity index (χ0) is 17.7. The van der Waals surface area contributed by atoms with Crippen molar-refractivity contribution >= 4 is 41.7 Å². The molecular weight excluding hydrogens is 464 g/mol. The van der Waals surface area contributed by atoms with Crippen LogP contribution in [0.4, 0.5) is 4.39 Å². The van der Waals surface area contributed by atoms with Crippen molar-refractivity contribution in [2.75, 3.05) is 25.9 Å². The van der Waals surface area contributed by atoms with Crippen molar-refractivity contribution in [1.82, 2.24) is 10.2 Å². The van der Waals surface area contributed by atoms with E-state index >= 15 is 0 Å². The number of guanidine groups is 1. The number of hydrogen-bond donors (Lipinski definition) is 2. The highest BCUT2D eigenvalue weighted by Crippen LogP contribution is 2.42. The standard InChI is InChI=1S/C19H28FN3OS.HI/c1-21-18(22-12-15-5-6-17(20)16(11-15)13-24)23-9-10-25-19(14-23)7-3-2-4-8-19;/h5-6,11,24H,2-4,7-10,12-14H2,1H3,(H,21,22);1H. The molecule has 1 saturated carbocycles. The van der Waals surface area contributed by atoms with E-state index < -0.39 is 0 Å². The summed E-state index contributed by atoms with van der Waals surface area (Å²) < 4.78 is 13.9. The lowest BCUT2D eigenvalue weighted by atomic mass is 9.87. The SMILES string of the molecule is CN=C(NCc1ccc(F)c(CO)c1)N1CCSC2(CCCCC2)C1.I. The van der Waals surface area contributed by atoms with Crippen molar-refractivity contribution in [2.24, 2.45) is 4.99 Å². The summed E-state index contributed by atoms with van der Waals surface area (Å²) in [6.45, 7) is 2.37. The molecule has 146 valence electrons. The fourth-order valence-electron chi connectivity index (χ4n) is 3.90. The van der Waals surface area contributed by atoms with Crippen molar-refractivity contribution in [3.05, 3.63) is 35.1 Å². The quantitative estimate of drug-likeness (QED) is 0.383. The molecule has 1 spiro atoms. The van der Waals surface area contributed by atoms with Crippen LogP contribution in [0.2, 0.25) is 0 Å². The average Bonchev–Trinajstić information content (AvgIpc) is 2.64. The number of rotatable bonds is 3. The lowest BCUT2D eigenvalue weighted by Gasteiger charge is -2.45. The molecule has 0 aromatic heterocycles. The van der Waals surface area contributed by atoms with E-state index in [4.69, 9.17) is 0 Å². The zero-order valence-corrected chi connectivity index (χ0v) is 18.5. The predicted molar refractivity (Wildman–Crippen MR) is 118 cm³/mol. The van der Waals surface area contributed by atoms with E-state index in [9.17, 15) is 9.50 Å². The summed E-state index contributed by atoms with van der Waals surface area (Å²) in [7, 11) is 1.82. The number of aliphatic hydroxyl groups excluding tert-OH is 1. The highest BCUT2D eigenvalue weighted by Gasteiger charge is 2.38. The molecule has 0 bridgehead atoms. The van der Waals surface area contributed by atoms with E-state index in [1.54, 1.807) is 12.1 Å². The van der Waals surface area contributed by atoms with Crippen LogP contribution in [0, 0.1) is 5.82 Å². The first-order chi connectivity index (χ1) is 12.2. The molecule has 3 rings (SSSR count). The van der Waals surface area contributed by atoms with E-state index in [1.165, 1.54) is 38.2 Å². The third-order valence-corrected chi connectivity index (χ3v) is 6.79. The molecule has 2 aliphatic rings. The molecule has 1 aliphatic heterocycles. The van der Waals surface area contributed by atoms with Gasteiger partial charge in [0.05, 0.1) is 6.61 Å². The van der Waals surface area contributed by atoms with Gasteiger partial charge in [0.15, 0.2) is 5.96 Å². The second-order valence-electron chi connectivity index (χ2n) is 7.00. The molecule has 7 heteroatoms. The van der Waals surface area contributed by atoms with E-state index in [2.05, 4.69) is 27.0 Å². The molecule has 2 N–H and O–H groups in total. The smallest absolute Gasteiger partial charge is 0.193 e. The van der Waals surface area contributed by atoms with E-state index in [0.717, 1.165) is 30.4 Å². The minimum atomic E-state index is -0.358. The fourth-order valence-corrected chi connectivity index (χ4v) is 5.47. The van der Waals surface area contributed by atoms with Gasteiger partial charge in [-0.15, -0.1) is 24.0 Å². The van der Waals surface area contributed by atoms with Crippen LogP contribution in [-0.4, -0.2) is 46.6 Å². The number of halogens is 2. The Hall–Kier alpha value is -0.540. The van der Waals surface area contributed by atoms with Gasteiger partial charge in [-0.3, -0.25) is 4.99 Å². The minimum absolute atomic E-state index is 0. The summed E-state index contributed by atoms with van der Waals surface area (Å²) in [6.07, 6.45) is 6.66. The van der Waals surface area contributed by atoms with E-state index in [-0.39, 0.29) is 36.4 Å². The van der Waals surface area contributed by atoms with Gasteiger partial charge in [-0.25, -0.2) is 4.39 Å². The summed E-state index contributed by atoms with van der Waals surface area (Å²) in [5, 5.41) is 12.6. The third kappa shape index (κ3) is 5.25. The van der Waals surface area contributed by atoms with Gasteiger partial charge in [-0.2, -0.15) is 11.8 Å². The van der Waals surface area contributed by atoms with Crippen LogP contribution in [0.15, 0.2) is 23.2 Å². The highest BCUT2D eigenvalue weighted by atomic mass is 127. The number of hydrogen-bond acceptors (Lipinski definition) is 3. The molecule has 1 heterocycles. The molecule has 1 aromatic rings. The van der Waals surface area contributed by atoms with Gasteiger partial charge in [-0.1, -0.05) is 25.3 Å². The van der Waals surface area contributed by atoms with Gasteiger partial charge in [0.2, 0.25) is 0 Å². The summed E-state index contributed by atoms with van der Waals surface area (Å²) in [5.41, 5.74) is 1.29. The van der Waals surface area contributed by atoms with Crippen molar-refractivity contribution < 1.29 is 9.50 Å². The fraction of sp³-hybridized carbons (Fsp3) is 0.632. The lowest BCUT2D eigenvalue weighted by molar-refractivity contribution is 0.275. The molecule has 0 unspecified atom stereocenters. The number of thioether (sulfide) groups is 1. The first-order valence-corrected chi connectivity index (χ1v) is 10.1. The lowest BCUT2D eigenvalue weighted by Crippen LogP contribution is -2.53. The van der Waals surface area contributed by atoms with Gasteiger partial charge in [-0.05, 0) is 30.5 Å². The van der Waals surface area contributed by atoms with E-state index in [1.807, 2.05) is 7.05 Å². The summed E-state index contributed by atoms with van der Waals surface area (Å²) in [6, 6.07) is 4.88. The van der Waals surface area contributed by atoms with Crippen LogP contribution in [0.25, 0.3) is 0 Å². The molecular formula is C19H29FIN3OS. The summed E-state index contributed by atoms with van der Waals surface area (Å²) >= 11 is 2.15. The van der Waals surface area contributed by atoms with Crippen molar-refractivity contribution in [2.45, 2.75) is 50.0 Å². The van der Waals surface area contributed by atoms with Gasteiger partial charge in [0, 0.05) is 42.7 Å². The molecule has 26 heavy (non-hydrogen) atoms. The topological polar surface area (TPSA) is 47.9 Å². The van der Waals surface area contributed by atoms with Gasteiger partial charge >= 0.3 is 0 Å². The maximum atomic E-state index is 13.5. The van der Waals surface area contributed by atoms with Gasteiger partial charge in [0.1, 0.15) is 5.82 Å². The highest BCUT2D eigenvalue weighted by molar-refractivity contribution is 14.0. The normalized spacial score (nSPS) is 20.0. The largest absolute Gasteiger partial charge is 0.392 e. The number of nitrogens with one attached hydrogen (secondary N) is 1. The Morgan fingerprint density at radius 3 is 2.81 bits per heavy atom.